The predicted octanol–water partition coefficient (Wildman–Crippen LogP) is 2.29. The molecule has 2 heterocycles. The maximum Gasteiger partial charge on any atom is 0.261 e. The second-order valence-corrected chi connectivity index (χ2v) is 4.87. The first-order chi connectivity index (χ1) is 9.66. The summed E-state index contributed by atoms with van der Waals surface area (Å²) in [7, 11) is 0. The van der Waals surface area contributed by atoms with Crippen molar-refractivity contribution in [1.29, 1.82) is 0 Å². The third-order valence-electron chi connectivity index (χ3n) is 2.68. The molecule has 0 aliphatic rings. The predicted molar refractivity (Wildman–Crippen MR) is 77.4 cm³/mol. The van der Waals surface area contributed by atoms with Crippen molar-refractivity contribution in [2.75, 3.05) is 5.32 Å². The van der Waals surface area contributed by atoms with Gasteiger partial charge in [-0.15, -0.1) is 0 Å². The zero-order valence-electron chi connectivity index (χ0n) is 9.88. The van der Waals surface area contributed by atoms with Crippen molar-refractivity contribution in [2.24, 2.45) is 0 Å². The number of fused-ring (bicyclic) bond motifs is 1. The van der Waals surface area contributed by atoms with Crippen LogP contribution < -0.4 is 10.7 Å². The van der Waals surface area contributed by atoms with E-state index in [2.05, 4.69) is 19.0 Å². The molecule has 8 heteroatoms. The van der Waals surface area contributed by atoms with E-state index in [-0.39, 0.29) is 11.0 Å². The van der Waals surface area contributed by atoms with Crippen LogP contribution in [0.5, 0.6) is 0 Å². The van der Waals surface area contributed by atoms with Crippen LogP contribution in [0.1, 0.15) is 10.4 Å². The van der Waals surface area contributed by atoms with E-state index in [1.807, 2.05) is 0 Å². The Balaban J connectivity index is 2.04. The zero-order chi connectivity index (χ0) is 14.1. The van der Waals surface area contributed by atoms with Crippen molar-refractivity contribution in [3.63, 3.8) is 0 Å². The molecule has 0 unspecified atom stereocenters. The van der Waals surface area contributed by atoms with Crippen LogP contribution in [0, 0.1) is 0 Å². The summed E-state index contributed by atoms with van der Waals surface area (Å²) >= 11 is 7.09. The summed E-state index contributed by atoms with van der Waals surface area (Å²) in [5.41, 5.74) is 1.12. The molecule has 2 N–H and O–H groups in total. The first kappa shape index (κ1) is 12.8. The second-order valence-electron chi connectivity index (χ2n) is 3.93. The van der Waals surface area contributed by atoms with E-state index in [1.165, 1.54) is 18.5 Å². The van der Waals surface area contributed by atoms with Gasteiger partial charge in [0.1, 0.15) is 16.6 Å². The average molecular weight is 307 g/mol. The number of aromatic nitrogens is 3. The number of anilines is 1. The molecule has 0 aliphatic carbocycles. The van der Waals surface area contributed by atoms with Crippen LogP contribution in [0.4, 0.5) is 5.69 Å². The summed E-state index contributed by atoms with van der Waals surface area (Å²) < 4.78 is 8.16. The minimum absolute atomic E-state index is 0.00348. The molecular formula is C12H7ClN4O2S. The van der Waals surface area contributed by atoms with Crippen LogP contribution in [0.2, 0.25) is 5.02 Å². The number of hydrogen-bond acceptors (Lipinski definition) is 5. The van der Waals surface area contributed by atoms with Gasteiger partial charge in [-0.3, -0.25) is 9.59 Å². The molecule has 0 bridgehead atoms. The molecule has 3 aromatic rings. The Morgan fingerprint density at radius 1 is 1.30 bits per heavy atom. The minimum atomic E-state index is -0.547. The van der Waals surface area contributed by atoms with E-state index in [9.17, 15) is 9.59 Å². The van der Waals surface area contributed by atoms with Gasteiger partial charge in [0.15, 0.2) is 5.43 Å². The summed E-state index contributed by atoms with van der Waals surface area (Å²) in [4.78, 5) is 26.4. The first-order valence-corrected chi connectivity index (χ1v) is 6.67. The normalized spacial score (nSPS) is 10.7. The third kappa shape index (κ3) is 2.17. The fourth-order valence-electron chi connectivity index (χ4n) is 1.72. The topological polar surface area (TPSA) is 87.7 Å². The van der Waals surface area contributed by atoms with Gasteiger partial charge >= 0.3 is 0 Å². The molecule has 2 aromatic heterocycles. The van der Waals surface area contributed by atoms with Crippen molar-refractivity contribution in [3.05, 3.63) is 51.4 Å². The number of carbonyl (C=O) groups excluding carboxylic acids is 1. The third-order valence-corrected chi connectivity index (χ3v) is 3.54. The zero-order valence-corrected chi connectivity index (χ0v) is 11.5. The molecule has 20 heavy (non-hydrogen) atoms. The SMILES string of the molecule is O=C(Nc1c(Cl)ccc2nsnc12)c1c[nH]ccc1=O. The van der Waals surface area contributed by atoms with E-state index < -0.39 is 5.91 Å². The molecule has 0 aliphatic heterocycles. The largest absolute Gasteiger partial charge is 0.367 e. The number of halogens is 1. The van der Waals surface area contributed by atoms with Gasteiger partial charge in [0, 0.05) is 18.5 Å². The molecular weight excluding hydrogens is 300 g/mol. The summed E-state index contributed by atoms with van der Waals surface area (Å²) in [6.45, 7) is 0. The standard InChI is InChI=1S/C12H7ClN4O2S/c13-7-1-2-8-11(17-20-16-8)10(7)15-12(19)6-5-14-4-3-9(6)18/h1-5H,(H,14,18)(H,15,19). The van der Waals surface area contributed by atoms with Crippen molar-refractivity contribution >= 4 is 46.0 Å². The summed E-state index contributed by atoms with van der Waals surface area (Å²) in [6, 6.07) is 4.61. The van der Waals surface area contributed by atoms with E-state index >= 15 is 0 Å². The van der Waals surface area contributed by atoms with Crippen molar-refractivity contribution < 1.29 is 4.79 Å². The molecule has 0 spiro atoms. The number of rotatable bonds is 2. The van der Waals surface area contributed by atoms with Gasteiger partial charge < -0.3 is 10.3 Å². The summed E-state index contributed by atoms with van der Waals surface area (Å²) in [5, 5.41) is 2.95. The molecule has 0 radical (unpaired) electrons. The number of benzene rings is 1. The minimum Gasteiger partial charge on any atom is -0.367 e. The highest BCUT2D eigenvalue weighted by Gasteiger charge is 2.15. The highest BCUT2D eigenvalue weighted by atomic mass is 35.5. The number of nitrogens with zero attached hydrogens (tertiary/aromatic N) is 2. The molecule has 100 valence electrons. The Hall–Kier alpha value is -2.25. The van der Waals surface area contributed by atoms with Gasteiger partial charge in [0.2, 0.25) is 0 Å². The lowest BCUT2D eigenvalue weighted by Crippen LogP contribution is -2.21. The molecule has 3 rings (SSSR count). The fourth-order valence-corrected chi connectivity index (χ4v) is 2.46. The Morgan fingerprint density at radius 2 is 2.15 bits per heavy atom. The second kappa shape index (κ2) is 5.03. The highest BCUT2D eigenvalue weighted by molar-refractivity contribution is 7.00. The molecule has 0 saturated heterocycles. The van der Waals surface area contributed by atoms with E-state index in [0.29, 0.717) is 21.7 Å². The quantitative estimate of drug-likeness (QED) is 0.760. The van der Waals surface area contributed by atoms with Crippen molar-refractivity contribution in [2.45, 2.75) is 0 Å². The average Bonchev–Trinajstić information content (AvgIpc) is 2.91. The molecule has 0 fully saturated rings. The van der Waals surface area contributed by atoms with E-state index in [0.717, 1.165) is 11.7 Å². The van der Waals surface area contributed by atoms with Gasteiger partial charge in [0.05, 0.1) is 22.4 Å². The van der Waals surface area contributed by atoms with Crippen LogP contribution in [-0.4, -0.2) is 19.6 Å². The van der Waals surface area contributed by atoms with Gasteiger partial charge in [0.25, 0.3) is 5.91 Å². The number of H-pyrrole nitrogens is 1. The van der Waals surface area contributed by atoms with Gasteiger partial charge in [-0.05, 0) is 12.1 Å². The van der Waals surface area contributed by atoms with E-state index in [1.54, 1.807) is 12.1 Å². The number of carbonyl (C=O) groups is 1. The van der Waals surface area contributed by atoms with Gasteiger partial charge in [-0.1, -0.05) is 11.6 Å². The Morgan fingerprint density at radius 3 is 2.95 bits per heavy atom. The fraction of sp³-hybridized carbons (Fsp3) is 0. The number of nitrogens with one attached hydrogen (secondary N) is 2. The maximum atomic E-state index is 12.1. The Kier molecular flexibility index (Phi) is 3.21. The molecule has 1 amide bonds. The molecule has 0 atom stereocenters. The van der Waals surface area contributed by atoms with E-state index in [4.69, 9.17) is 11.6 Å². The molecule has 0 saturated carbocycles. The molecule has 6 nitrogen and oxygen atoms in total. The van der Waals surface area contributed by atoms with Gasteiger partial charge in [-0.25, -0.2) is 0 Å². The van der Waals surface area contributed by atoms with Gasteiger partial charge in [-0.2, -0.15) is 8.75 Å². The van der Waals surface area contributed by atoms with Crippen molar-refractivity contribution in [3.8, 4) is 0 Å². The highest BCUT2D eigenvalue weighted by Crippen LogP contribution is 2.30. The first-order valence-electron chi connectivity index (χ1n) is 5.56. The van der Waals surface area contributed by atoms with Crippen LogP contribution >= 0.6 is 23.3 Å². The number of hydrogen-bond donors (Lipinski definition) is 2. The summed E-state index contributed by atoms with van der Waals surface area (Å²) in [6.07, 6.45) is 2.79. The molecule has 1 aromatic carbocycles. The lowest BCUT2D eigenvalue weighted by Gasteiger charge is -2.07. The van der Waals surface area contributed by atoms with Crippen LogP contribution in [0.15, 0.2) is 35.4 Å². The lowest BCUT2D eigenvalue weighted by atomic mass is 10.2. The lowest BCUT2D eigenvalue weighted by molar-refractivity contribution is 0.102. The maximum absolute atomic E-state index is 12.1. The van der Waals surface area contributed by atoms with Crippen LogP contribution in [0.25, 0.3) is 11.0 Å². The number of amides is 1. The smallest absolute Gasteiger partial charge is 0.261 e. The Labute approximate surface area is 121 Å². The monoisotopic (exact) mass is 306 g/mol. The van der Waals surface area contributed by atoms with Crippen LogP contribution in [0.3, 0.4) is 0 Å². The number of pyridine rings is 1. The Bertz CT molecular complexity index is 858. The van der Waals surface area contributed by atoms with Crippen LogP contribution in [-0.2, 0) is 0 Å². The number of aromatic amines is 1. The summed E-state index contributed by atoms with van der Waals surface area (Å²) in [5.74, 6) is -0.547. The van der Waals surface area contributed by atoms with Crippen molar-refractivity contribution in [1.82, 2.24) is 13.7 Å².